The van der Waals surface area contributed by atoms with Crippen LogP contribution in [-0.2, 0) is 12.7 Å². The topological polar surface area (TPSA) is 127 Å². The molecule has 0 fully saturated rings. The summed E-state index contributed by atoms with van der Waals surface area (Å²) in [4.78, 5) is 33.6. The van der Waals surface area contributed by atoms with Crippen LogP contribution in [0.25, 0.3) is 43.6 Å². The fourth-order valence-corrected chi connectivity index (χ4v) is 6.01. The third-order valence-corrected chi connectivity index (χ3v) is 7.98. The number of H-pyrrole nitrogens is 1. The number of aromatic nitrogens is 4. The van der Waals surface area contributed by atoms with Gasteiger partial charge in [0.15, 0.2) is 5.76 Å². The Bertz CT molecular complexity index is 2210. The second-order valence-corrected chi connectivity index (χ2v) is 10.7. The molecule has 0 unspecified atom stereocenters. The molecule has 1 N–H and O–H groups in total. The van der Waals surface area contributed by atoms with Crippen molar-refractivity contribution in [3.63, 3.8) is 0 Å². The maximum absolute atomic E-state index is 13.3. The van der Waals surface area contributed by atoms with Gasteiger partial charge in [-0.2, -0.15) is 23.6 Å². The van der Waals surface area contributed by atoms with Crippen LogP contribution in [0.2, 0.25) is 5.02 Å². The van der Waals surface area contributed by atoms with Crippen molar-refractivity contribution >= 4 is 44.1 Å². The van der Waals surface area contributed by atoms with E-state index in [1.807, 2.05) is 5.38 Å². The van der Waals surface area contributed by atoms with Gasteiger partial charge in [-0.05, 0) is 43.3 Å². The minimum absolute atomic E-state index is 0.00297. The number of alkyl halides is 3. The molecule has 0 aliphatic rings. The fraction of sp³-hybridized carbons (Fsp3) is 0.138. The first-order chi connectivity index (χ1) is 20.5. The highest BCUT2D eigenvalue weighted by Gasteiger charge is 2.32. The van der Waals surface area contributed by atoms with E-state index in [2.05, 4.69) is 15.1 Å². The zero-order valence-electron chi connectivity index (χ0n) is 22.0. The van der Waals surface area contributed by atoms with Gasteiger partial charge < -0.3 is 9.26 Å². The average molecular weight is 624 g/mol. The van der Waals surface area contributed by atoms with Crippen molar-refractivity contribution in [3.05, 3.63) is 96.7 Å². The summed E-state index contributed by atoms with van der Waals surface area (Å²) in [6.45, 7) is 1.49. The fourth-order valence-electron chi connectivity index (χ4n) is 4.79. The van der Waals surface area contributed by atoms with Gasteiger partial charge in [0.2, 0.25) is 0 Å². The van der Waals surface area contributed by atoms with Gasteiger partial charge in [0, 0.05) is 27.7 Å². The number of thiophene rings is 1. The van der Waals surface area contributed by atoms with Crippen LogP contribution < -0.4 is 15.9 Å². The molecular formula is C29H17ClF3N5O4S. The molecule has 216 valence electrons. The molecule has 14 heteroatoms. The van der Waals surface area contributed by atoms with Crippen LogP contribution in [0.4, 0.5) is 13.2 Å². The van der Waals surface area contributed by atoms with Gasteiger partial charge in [-0.25, -0.2) is 4.98 Å². The molecule has 43 heavy (non-hydrogen) atoms. The smallest absolute Gasteiger partial charge is 0.416 e. The molecule has 0 bridgehead atoms. The summed E-state index contributed by atoms with van der Waals surface area (Å²) >= 11 is 7.74. The van der Waals surface area contributed by atoms with Crippen molar-refractivity contribution < 1.29 is 22.4 Å². The first kappa shape index (κ1) is 28.2. The number of halogens is 4. The number of hydrogen-bond donors (Lipinski definition) is 1. The molecular weight excluding hydrogens is 607 g/mol. The average Bonchev–Trinajstić information content (AvgIpc) is 3.60. The first-order valence-corrected chi connectivity index (χ1v) is 13.8. The van der Waals surface area contributed by atoms with Crippen molar-refractivity contribution in [2.24, 2.45) is 0 Å². The second kappa shape index (κ2) is 10.7. The minimum Gasteiger partial charge on any atom is -0.491 e. The molecule has 0 saturated carbocycles. The van der Waals surface area contributed by atoms with Crippen LogP contribution in [0.15, 0.2) is 68.2 Å². The lowest BCUT2D eigenvalue weighted by Crippen LogP contribution is -2.27. The molecule has 4 aromatic heterocycles. The zero-order valence-corrected chi connectivity index (χ0v) is 23.5. The van der Waals surface area contributed by atoms with Crippen molar-refractivity contribution in [3.8, 4) is 34.3 Å². The number of hydrogen-bond acceptors (Lipinski definition) is 8. The monoisotopic (exact) mass is 623 g/mol. The maximum Gasteiger partial charge on any atom is 0.416 e. The highest BCUT2D eigenvalue weighted by Crippen LogP contribution is 2.41. The summed E-state index contributed by atoms with van der Waals surface area (Å²) in [5.41, 5.74) is -0.0276. The lowest BCUT2D eigenvalue weighted by Gasteiger charge is -2.16. The Labute approximate surface area is 248 Å². The van der Waals surface area contributed by atoms with Crippen molar-refractivity contribution in [1.29, 1.82) is 5.26 Å². The summed E-state index contributed by atoms with van der Waals surface area (Å²) in [6, 6.07) is 11.3. The molecule has 0 amide bonds. The van der Waals surface area contributed by atoms with Crippen molar-refractivity contribution in [1.82, 2.24) is 19.7 Å². The van der Waals surface area contributed by atoms with Crippen LogP contribution >= 0.6 is 22.9 Å². The number of nitriles is 1. The molecule has 0 radical (unpaired) electrons. The van der Waals surface area contributed by atoms with E-state index in [0.29, 0.717) is 39.2 Å². The number of nitrogens with one attached hydrogen (secondary N) is 1. The number of nitrogens with zero attached hydrogens (tertiary/aromatic N) is 4. The zero-order chi connectivity index (χ0) is 30.5. The molecule has 2 aromatic carbocycles. The lowest BCUT2D eigenvalue weighted by molar-refractivity contribution is -0.137. The number of rotatable bonds is 6. The van der Waals surface area contributed by atoms with Gasteiger partial charge in [0.05, 0.1) is 50.4 Å². The Morgan fingerprint density at radius 3 is 2.67 bits per heavy atom. The Kier molecular flexibility index (Phi) is 7.03. The third kappa shape index (κ3) is 5.15. The standard InChI is InChI=1S/C29H17ClF3N5O4S/c1-14-36-21-9-16(29(31,32)33)8-15(12-34)25(21)28(40)38(14)6-7-41-22-3-2-17(30)10-19(22)18-4-5-35-26-20(13-43-27(18)26)23-11-24(39)37-42-23/h2-5,8-11,13H,6-7H2,1H3,(H,37,39). The Balaban J connectivity index is 1.33. The van der Waals surface area contributed by atoms with Crippen molar-refractivity contribution in [2.45, 2.75) is 19.6 Å². The van der Waals surface area contributed by atoms with Gasteiger partial charge in [0.25, 0.3) is 11.1 Å². The third-order valence-electron chi connectivity index (χ3n) is 6.74. The number of fused-ring (bicyclic) bond motifs is 2. The molecule has 9 nitrogen and oxygen atoms in total. The van der Waals surface area contributed by atoms with Gasteiger partial charge in [0.1, 0.15) is 24.3 Å². The number of pyridine rings is 1. The molecule has 6 aromatic rings. The number of ether oxygens (including phenoxy) is 1. The summed E-state index contributed by atoms with van der Waals surface area (Å²) in [5, 5.41) is 13.8. The maximum atomic E-state index is 13.3. The van der Waals surface area contributed by atoms with E-state index in [1.165, 1.54) is 28.9 Å². The van der Waals surface area contributed by atoms with Crippen LogP contribution in [0.3, 0.4) is 0 Å². The molecule has 6 rings (SSSR count). The molecule has 0 spiro atoms. The highest BCUT2D eigenvalue weighted by molar-refractivity contribution is 7.18. The van der Waals surface area contributed by atoms with Gasteiger partial charge in [-0.1, -0.05) is 11.6 Å². The summed E-state index contributed by atoms with van der Waals surface area (Å²) in [5.74, 6) is 0.966. The quantitative estimate of drug-likeness (QED) is 0.223. The SMILES string of the molecule is Cc1nc2cc(C(F)(F)F)cc(C#N)c2c(=O)n1CCOc1ccc(Cl)cc1-c1ccnc2c(-c3cc(=O)[nH]o3)csc12. The summed E-state index contributed by atoms with van der Waals surface area (Å²) < 4.78 is 53.4. The van der Waals surface area contributed by atoms with E-state index < -0.39 is 22.9 Å². The largest absolute Gasteiger partial charge is 0.491 e. The van der Waals surface area contributed by atoms with Gasteiger partial charge >= 0.3 is 6.18 Å². The van der Waals surface area contributed by atoms with Crippen LogP contribution in [0.5, 0.6) is 5.75 Å². The minimum atomic E-state index is -4.70. The van der Waals surface area contributed by atoms with E-state index in [9.17, 15) is 28.0 Å². The van der Waals surface area contributed by atoms with Gasteiger partial charge in [-0.3, -0.25) is 19.1 Å². The van der Waals surface area contributed by atoms with Crippen LogP contribution in [0, 0.1) is 18.3 Å². The Hall–Kier alpha value is -4.93. The van der Waals surface area contributed by atoms with E-state index in [-0.39, 0.29) is 35.4 Å². The predicted molar refractivity (Wildman–Crippen MR) is 154 cm³/mol. The molecule has 4 heterocycles. The molecule has 0 aliphatic carbocycles. The number of aryl methyl sites for hydroxylation is 1. The van der Waals surface area contributed by atoms with E-state index in [4.69, 9.17) is 20.9 Å². The Morgan fingerprint density at radius 1 is 1.14 bits per heavy atom. The van der Waals surface area contributed by atoms with E-state index in [0.717, 1.165) is 16.3 Å². The predicted octanol–water partition coefficient (Wildman–Crippen LogP) is 6.55. The van der Waals surface area contributed by atoms with Crippen molar-refractivity contribution in [2.75, 3.05) is 6.61 Å². The normalized spacial score (nSPS) is 11.7. The Morgan fingerprint density at radius 2 is 1.95 bits per heavy atom. The first-order valence-electron chi connectivity index (χ1n) is 12.6. The second-order valence-electron chi connectivity index (χ2n) is 9.39. The van der Waals surface area contributed by atoms with E-state index in [1.54, 1.807) is 36.5 Å². The lowest BCUT2D eigenvalue weighted by atomic mass is 10.0. The molecule has 0 saturated heterocycles. The number of aromatic amines is 1. The van der Waals surface area contributed by atoms with Gasteiger partial charge in [-0.15, -0.1) is 11.3 Å². The number of benzene rings is 2. The summed E-state index contributed by atoms with van der Waals surface area (Å²) in [6.07, 6.45) is -3.08. The molecule has 0 atom stereocenters. The van der Waals surface area contributed by atoms with E-state index >= 15 is 0 Å². The van der Waals surface area contributed by atoms with Crippen LogP contribution in [0.1, 0.15) is 17.0 Å². The molecule has 0 aliphatic heterocycles. The summed E-state index contributed by atoms with van der Waals surface area (Å²) in [7, 11) is 0. The highest BCUT2D eigenvalue weighted by atomic mass is 35.5. The van der Waals surface area contributed by atoms with Crippen LogP contribution in [-0.4, -0.2) is 26.3 Å².